The topological polar surface area (TPSA) is 58.2 Å². The summed E-state index contributed by atoms with van der Waals surface area (Å²) in [6.07, 6.45) is 0. The molecule has 0 aliphatic rings. The Morgan fingerprint density at radius 1 is 0.818 bits per heavy atom. The lowest BCUT2D eigenvalue weighted by Crippen LogP contribution is -2.29. The first-order valence-corrected chi connectivity index (χ1v) is 7.35. The van der Waals surface area contributed by atoms with Crippen molar-refractivity contribution >= 4 is 58.0 Å². The van der Waals surface area contributed by atoms with Crippen LogP contribution < -0.4 is 10.6 Å². The number of hydrogen-bond donors (Lipinski definition) is 2. The lowest BCUT2D eigenvalue weighted by molar-refractivity contribution is -0.133. The van der Waals surface area contributed by atoms with Gasteiger partial charge in [0.05, 0.1) is 15.7 Å². The molecule has 0 aromatic heterocycles. The number of benzene rings is 2. The number of carbonyl (C=O) groups excluding carboxylic acids is 2. The van der Waals surface area contributed by atoms with E-state index >= 15 is 0 Å². The van der Waals surface area contributed by atoms with E-state index < -0.39 is 11.8 Å². The quantitative estimate of drug-likeness (QED) is 0.776. The molecule has 0 bridgehead atoms. The van der Waals surface area contributed by atoms with E-state index in [1.165, 1.54) is 0 Å². The van der Waals surface area contributed by atoms with E-state index in [1.54, 1.807) is 43.3 Å². The van der Waals surface area contributed by atoms with Crippen LogP contribution in [-0.4, -0.2) is 11.8 Å². The van der Waals surface area contributed by atoms with Crippen molar-refractivity contribution in [3.8, 4) is 0 Å². The Labute approximate surface area is 142 Å². The third-order valence-corrected chi connectivity index (χ3v) is 4.15. The van der Waals surface area contributed by atoms with Crippen molar-refractivity contribution in [2.24, 2.45) is 0 Å². The lowest BCUT2D eigenvalue weighted by atomic mass is 10.2. The summed E-state index contributed by atoms with van der Waals surface area (Å²) < 4.78 is 0. The van der Waals surface area contributed by atoms with Gasteiger partial charge in [-0.2, -0.15) is 0 Å². The van der Waals surface area contributed by atoms with E-state index in [2.05, 4.69) is 10.6 Å². The second kappa shape index (κ2) is 7.01. The molecule has 0 atom stereocenters. The molecule has 0 unspecified atom stereocenters. The SMILES string of the molecule is Cc1c(Cl)cccc1NC(=O)C(=O)Nc1cccc(Cl)c1Cl. The van der Waals surface area contributed by atoms with Crippen LogP contribution in [0.4, 0.5) is 11.4 Å². The highest BCUT2D eigenvalue weighted by Gasteiger charge is 2.17. The van der Waals surface area contributed by atoms with Crippen molar-refractivity contribution < 1.29 is 9.59 Å². The van der Waals surface area contributed by atoms with Gasteiger partial charge < -0.3 is 10.6 Å². The normalized spacial score (nSPS) is 10.2. The molecule has 0 spiro atoms. The van der Waals surface area contributed by atoms with Crippen LogP contribution in [0.15, 0.2) is 36.4 Å². The molecule has 4 nitrogen and oxygen atoms in total. The van der Waals surface area contributed by atoms with Gasteiger partial charge in [0.2, 0.25) is 0 Å². The van der Waals surface area contributed by atoms with E-state index in [1.807, 2.05) is 0 Å². The standard InChI is InChI=1S/C15H11Cl3N2O2/c1-8-9(16)4-2-6-11(8)19-14(21)15(22)20-12-7-3-5-10(17)13(12)18/h2-7H,1H3,(H,19,21)(H,20,22). The lowest BCUT2D eigenvalue weighted by Gasteiger charge is -2.10. The summed E-state index contributed by atoms with van der Waals surface area (Å²) >= 11 is 17.8. The van der Waals surface area contributed by atoms with Crippen molar-refractivity contribution in [2.45, 2.75) is 6.92 Å². The average Bonchev–Trinajstić information content (AvgIpc) is 2.48. The predicted molar refractivity (Wildman–Crippen MR) is 89.9 cm³/mol. The molecule has 0 saturated heterocycles. The van der Waals surface area contributed by atoms with Gasteiger partial charge in [-0.05, 0) is 36.8 Å². The first-order valence-electron chi connectivity index (χ1n) is 6.21. The Morgan fingerprint density at radius 2 is 1.32 bits per heavy atom. The fraction of sp³-hybridized carbons (Fsp3) is 0.0667. The molecule has 0 fully saturated rings. The molecule has 2 amide bonds. The van der Waals surface area contributed by atoms with Gasteiger partial charge in [-0.1, -0.05) is 46.9 Å². The average molecular weight is 358 g/mol. The van der Waals surface area contributed by atoms with Gasteiger partial charge in [-0.15, -0.1) is 0 Å². The molecular weight excluding hydrogens is 347 g/mol. The Hall–Kier alpha value is -1.75. The maximum atomic E-state index is 11.9. The molecule has 22 heavy (non-hydrogen) atoms. The first-order chi connectivity index (χ1) is 10.4. The van der Waals surface area contributed by atoms with Crippen molar-refractivity contribution in [3.63, 3.8) is 0 Å². The minimum Gasteiger partial charge on any atom is -0.317 e. The summed E-state index contributed by atoms with van der Waals surface area (Å²) in [7, 11) is 0. The minimum atomic E-state index is -0.858. The summed E-state index contributed by atoms with van der Waals surface area (Å²) in [5.41, 5.74) is 1.40. The highest BCUT2D eigenvalue weighted by Crippen LogP contribution is 2.29. The molecule has 2 aromatic rings. The smallest absolute Gasteiger partial charge is 0.314 e. The molecule has 0 aliphatic heterocycles. The van der Waals surface area contributed by atoms with Crippen molar-refractivity contribution in [3.05, 3.63) is 57.0 Å². The summed E-state index contributed by atoms with van der Waals surface area (Å²) in [4.78, 5) is 23.9. The number of carbonyl (C=O) groups is 2. The zero-order valence-corrected chi connectivity index (χ0v) is 13.7. The Morgan fingerprint density at radius 3 is 1.95 bits per heavy atom. The molecule has 0 radical (unpaired) electrons. The van der Waals surface area contributed by atoms with Gasteiger partial charge in [0.15, 0.2) is 0 Å². The third-order valence-electron chi connectivity index (χ3n) is 2.92. The summed E-state index contributed by atoms with van der Waals surface area (Å²) in [5.74, 6) is -1.69. The Balaban J connectivity index is 2.11. The van der Waals surface area contributed by atoms with E-state index in [-0.39, 0.29) is 15.7 Å². The molecule has 7 heteroatoms. The molecule has 114 valence electrons. The largest absolute Gasteiger partial charge is 0.317 e. The van der Waals surface area contributed by atoms with E-state index in [9.17, 15) is 9.59 Å². The molecule has 2 N–H and O–H groups in total. The highest BCUT2D eigenvalue weighted by molar-refractivity contribution is 6.47. The van der Waals surface area contributed by atoms with E-state index in [0.29, 0.717) is 16.3 Å². The highest BCUT2D eigenvalue weighted by atomic mass is 35.5. The summed E-state index contributed by atoms with van der Waals surface area (Å²) in [5, 5.41) is 5.85. The molecule has 0 heterocycles. The number of anilines is 2. The summed E-state index contributed by atoms with van der Waals surface area (Å²) in [6, 6.07) is 9.76. The van der Waals surface area contributed by atoms with Crippen LogP contribution in [0, 0.1) is 6.92 Å². The van der Waals surface area contributed by atoms with Gasteiger partial charge in [-0.25, -0.2) is 0 Å². The van der Waals surface area contributed by atoms with Gasteiger partial charge in [0.25, 0.3) is 0 Å². The summed E-state index contributed by atoms with van der Waals surface area (Å²) in [6.45, 7) is 1.74. The minimum absolute atomic E-state index is 0.171. The maximum Gasteiger partial charge on any atom is 0.314 e. The van der Waals surface area contributed by atoms with Crippen LogP contribution in [-0.2, 0) is 9.59 Å². The van der Waals surface area contributed by atoms with Crippen LogP contribution >= 0.6 is 34.8 Å². The van der Waals surface area contributed by atoms with Gasteiger partial charge in [0.1, 0.15) is 0 Å². The number of rotatable bonds is 2. The zero-order chi connectivity index (χ0) is 16.3. The maximum absolute atomic E-state index is 11.9. The van der Waals surface area contributed by atoms with Crippen molar-refractivity contribution in [1.82, 2.24) is 0 Å². The number of nitrogens with one attached hydrogen (secondary N) is 2. The van der Waals surface area contributed by atoms with Gasteiger partial charge >= 0.3 is 11.8 Å². The van der Waals surface area contributed by atoms with E-state index in [4.69, 9.17) is 34.8 Å². The van der Waals surface area contributed by atoms with Crippen molar-refractivity contribution in [2.75, 3.05) is 10.6 Å². The Kier molecular flexibility index (Phi) is 5.29. The van der Waals surface area contributed by atoms with Gasteiger partial charge in [0, 0.05) is 10.7 Å². The van der Waals surface area contributed by atoms with Crippen LogP contribution in [0.5, 0.6) is 0 Å². The van der Waals surface area contributed by atoms with Gasteiger partial charge in [-0.3, -0.25) is 9.59 Å². The third kappa shape index (κ3) is 3.71. The van der Waals surface area contributed by atoms with Crippen LogP contribution in [0.3, 0.4) is 0 Å². The first kappa shape index (κ1) is 16.6. The predicted octanol–water partition coefficient (Wildman–Crippen LogP) is 4.53. The molecular formula is C15H11Cl3N2O2. The van der Waals surface area contributed by atoms with Crippen LogP contribution in [0.2, 0.25) is 15.1 Å². The fourth-order valence-electron chi connectivity index (χ4n) is 1.70. The monoisotopic (exact) mass is 356 g/mol. The number of halogens is 3. The number of hydrogen-bond acceptors (Lipinski definition) is 2. The van der Waals surface area contributed by atoms with E-state index in [0.717, 1.165) is 0 Å². The number of amides is 2. The molecule has 2 rings (SSSR count). The molecule has 0 aliphatic carbocycles. The van der Waals surface area contributed by atoms with Crippen molar-refractivity contribution in [1.29, 1.82) is 0 Å². The molecule has 0 saturated carbocycles. The second-order valence-corrected chi connectivity index (χ2v) is 5.61. The zero-order valence-electron chi connectivity index (χ0n) is 11.4. The second-order valence-electron chi connectivity index (χ2n) is 4.42. The molecule has 2 aromatic carbocycles. The van der Waals surface area contributed by atoms with Crippen LogP contribution in [0.25, 0.3) is 0 Å². The van der Waals surface area contributed by atoms with Crippen LogP contribution in [0.1, 0.15) is 5.56 Å². The fourth-order valence-corrected chi connectivity index (χ4v) is 2.22. The Bertz CT molecular complexity index is 684.